The van der Waals surface area contributed by atoms with E-state index in [9.17, 15) is 26.7 Å². The molecule has 4 nitrogen and oxygen atoms in total. The molecule has 5 rings (SSSR count). The first kappa shape index (κ1) is 23.7. The largest absolute Gasteiger partial charge is 0.416 e. The number of carbonyl (C=O) groups excluding carboxylic acids is 1. The van der Waals surface area contributed by atoms with Crippen molar-refractivity contribution < 1.29 is 26.7 Å². The van der Waals surface area contributed by atoms with Gasteiger partial charge < -0.3 is 5.73 Å². The minimum atomic E-state index is -4.50. The predicted octanol–water partition coefficient (Wildman–Crippen LogP) is 7.02. The van der Waals surface area contributed by atoms with Gasteiger partial charge in [0.2, 0.25) is 5.91 Å². The lowest BCUT2D eigenvalue weighted by molar-refractivity contribution is -0.137. The molecule has 0 radical (unpaired) electrons. The van der Waals surface area contributed by atoms with Crippen LogP contribution >= 0.6 is 0 Å². The molecule has 184 valence electrons. The van der Waals surface area contributed by atoms with Gasteiger partial charge in [-0.15, -0.1) is 0 Å². The second kappa shape index (κ2) is 8.89. The van der Waals surface area contributed by atoms with E-state index < -0.39 is 29.7 Å². The van der Waals surface area contributed by atoms with Crippen LogP contribution in [0, 0.1) is 0 Å². The van der Waals surface area contributed by atoms with Crippen molar-refractivity contribution in [2.45, 2.75) is 31.1 Å². The van der Waals surface area contributed by atoms with Gasteiger partial charge in [0, 0.05) is 6.42 Å². The molecule has 2 N–H and O–H groups in total. The van der Waals surface area contributed by atoms with Crippen LogP contribution in [0.15, 0.2) is 84.3 Å². The number of nitrogens with two attached hydrogens (primary N) is 1. The summed E-state index contributed by atoms with van der Waals surface area (Å²) in [5.74, 6) is -1.47. The molecular weight excluding hydrogens is 477 g/mol. The SMILES string of the molecule is Nc1ccc(N2C(=O)C(CC3=CC(F)CC(F)=C3)c3cc(-c4cccc(C(F)(F)F)c4)ccc32)nc1. The summed E-state index contributed by atoms with van der Waals surface area (Å²) in [5.41, 5.74) is 7.52. The van der Waals surface area contributed by atoms with Crippen LogP contribution in [0.25, 0.3) is 11.1 Å². The average molecular weight is 497 g/mol. The summed E-state index contributed by atoms with van der Waals surface area (Å²) in [6, 6.07) is 13.0. The second-order valence-electron chi connectivity index (χ2n) is 8.79. The number of alkyl halides is 4. The number of rotatable bonds is 4. The van der Waals surface area contributed by atoms with Gasteiger partial charge >= 0.3 is 6.18 Å². The van der Waals surface area contributed by atoms with E-state index in [1.807, 2.05) is 0 Å². The highest BCUT2D eigenvalue weighted by Gasteiger charge is 2.39. The number of hydrogen-bond acceptors (Lipinski definition) is 3. The third-order valence-electron chi connectivity index (χ3n) is 6.25. The van der Waals surface area contributed by atoms with Gasteiger partial charge in [0.15, 0.2) is 0 Å². The first-order valence-corrected chi connectivity index (χ1v) is 11.2. The number of halogens is 5. The molecule has 0 spiro atoms. The Morgan fingerprint density at radius 1 is 1.06 bits per heavy atom. The third-order valence-corrected chi connectivity index (χ3v) is 6.25. The van der Waals surface area contributed by atoms with E-state index >= 15 is 0 Å². The summed E-state index contributed by atoms with van der Waals surface area (Å²) in [4.78, 5) is 19.2. The van der Waals surface area contributed by atoms with Crippen molar-refractivity contribution in [3.05, 3.63) is 95.5 Å². The first-order chi connectivity index (χ1) is 17.1. The highest BCUT2D eigenvalue weighted by Crippen LogP contribution is 2.46. The van der Waals surface area contributed by atoms with Crippen molar-refractivity contribution >= 4 is 23.1 Å². The smallest absolute Gasteiger partial charge is 0.397 e. The highest BCUT2D eigenvalue weighted by atomic mass is 19.4. The normalized spacial score (nSPS) is 19.7. The Labute approximate surface area is 203 Å². The first-order valence-electron chi connectivity index (χ1n) is 11.2. The summed E-state index contributed by atoms with van der Waals surface area (Å²) < 4.78 is 67.7. The zero-order valence-corrected chi connectivity index (χ0v) is 18.8. The average Bonchev–Trinajstić information content (AvgIpc) is 3.09. The van der Waals surface area contributed by atoms with E-state index in [-0.39, 0.29) is 18.7 Å². The van der Waals surface area contributed by atoms with Crippen molar-refractivity contribution in [3.8, 4) is 11.1 Å². The lowest BCUT2D eigenvalue weighted by Gasteiger charge is -2.18. The van der Waals surface area contributed by atoms with E-state index in [4.69, 9.17) is 5.73 Å². The summed E-state index contributed by atoms with van der Waals surface area (Å²) >= 11 is 0. The Bertz CT molecular complexity index is 1400. The summed E-state index contributed by atoms with van der Waals surface area (Å²) in [5, 5.41) is 0. The fraction of sp³-hybridized carbons (Fsp3) is 0.185. The molecule has 1 aliphatic heterocycles. The van der Waals surface area contributed by atoms with Gasteiger partial charge in [0.1, 0.15) is 17.8 Å². The molecule has 2 atom stereocenters. The summed E-state index contributed by atoms with van der Waals surface area (Å²) in [6.45, 7) is 0. The number of aromatic nitrogens is 1. The minimum absolute atomic E-state index is 0.0250. The van der Waals surface area contributed by atoms with Crippen LogP contribution in [0.3, 0.4) is 0 Å². The molecule has 9 heteroatoms. The Kier molecular flexibility index (Phi) is 5.86. The Balaban J connectivity index is 1.60. The fourth-order valence-electron chi connectivity index (χ4n) is 4.61. The molecular formula is C27H20F5N3O. The van der Waals surface area contributed by atoms with Crippen LogP contribution in [-0.2, 0) is 11.0 Å². The monoisotopic (exact) mass is 497 g/mol. The molecule has 36 heavy (non-hydrogen) atoms. The maximum Gasteiger partial charge on any atom is 0.416 e. The van der Waals surface area contributed by atoms with E-state index in [2.05, 4.69) is 4.98 Å². The van der Waals surface area contributed by atoms with Gasteiger partial charge in [-0.25, -0.2) is 13.8 Å². The molecule has 2 unspecified atom stereocenters. The van der Waals surface area contributed by atoms with E-state index in [0.29, 0.717) is 39.5 Å². The van der Waals surface area contributed by atoms with Crippen LogP contribution in [-0.4, -0.2) is 17.1 Å². The molecule has 1 aromatic heterocycles. The number of amides is 1. The number of nitrogens with zero attached hydrogens (tertiary/aromatic N) is 2. The molecule has 2 heterocycles. The number of hydrogen-bond donors (Lipinski definition) is 1. The highest BCUT2D eigenvalue weighted by molar-refractivity contribution is 6.10. The molecule has 1 aliphatic carbocycles. The third kappa shape index (κ3) is 4.48. The van der Waals surface area contributed by atoms with E-state index in [1.165, 1.54) is 29.3 Å². The van der Waals surface area contributed by atoms with Crippen LogP contribution in [0.4, 0.5) is 39.1 Å². The standard InChI is InChI=1S/C27H20F5N3O/c28-19-8-15(9-20(29)13-19)10-23-22-12-17(16-2-1-3-18(11-16)27(30,31)32)4-6-24(22)35(26(23)36)25-7-5-21(33)14-34-25/h1-9,11-12,14,19,23H,10,13,33H2. The molecule has 1 amide bonds. The maximum absolute atomic E-state index is 14.0. The van der Waals surface area contributed by atoms with Gasteiger partial charge in [-0.05, 0) is 77.2 Å². The number of carbonyl (C=O) groups is 1. The number of benzene rings is 2. The Morgan fingerprint density at radius 2 is 1.83 bits per heavy atom. The lowest BCUT2D eigenvalue weighted by atomic mass is 9.88. The van der Waals surface area contributed by atoms with Crippen molar-refractivity contribution in [1.29, 1.82) is 0 Å². The number of pyridine rings is 1. The predicted molar refractivity (Wildman–Crippen MR) is 127 cm³/mol. The molecule has 2 aromatic carbocycles. The molecule has 0 bridgehead atoms. The molecule has 0 fully saturated rings. The topological polar surface area (TPSA) is 59.2 Å². The van der Waals surface area contributed by atoms with Gasteiger partial charge in [-0.3, -0.25) is 9.69 Å². The zero-order chi connectivity index (χ0) is 25.6. The van der Waals surface area contributed by atoms with Crippen LogP contribution in [0.1, 0.15) is 29.9 Å². The van der Waals surface area contributed by atoms with Gasteiger partial charge in [-0.2, -0.15) is 13.2 Å². The summed E-state index contributed by atoms with van der Waals surface area (Å²) in [7, 11) is 0. The minimum Gasteiger partial charge on any atom is -0.397 e. The van der Waals surface area contributed by atoms with Crippen molar-refractivity contribution in [3.63, 3.8) is 0 Å². The van der Waals surface area contributed by atoms with Crippen molar-refractivity contribution in [1.82, 2.24) is 4.98 Å². The second-order valence-corrected chi connectivity index (χ2v) is 8.79. The molecule has 2 aliphatic rings. The molecule has 3 aromatic rings. The number of anilines is 3. The number of fused-ring (bicyclic) bond motifs is 1. The lowest BCUT2D eigenvalue weighted by Crippen LogP contribution is -2.25. The quantitative estimate of drug-likeness (QED) is 0.394. The number of allylic oxidation sites excluding steroid dienone is 4. The molecule has 0 saturated carbocycles. The zero-order valence-electron chi connectivity index (χ0n) is 18.8. The van der Waals surface area contributed by atoms with Crippen LogP contribution in [0.5, 0.6) is 0 Å². The van der Waals surface area contributed by atoms with Crippen LogP contribution < -0.4 is 10.6 Å². The van der Waals surface area contributed by atoms with Gasteiger partial charge in [-0.1, -0.05) is 18.2 Å². The van der Waals surface area contributed by atoms with E-state index in [0.717, 1.165) is 12.1 Å². The Morgan fingerprint density at radius 3 is 2.53 bits per heavy atom. The van der Waals surface area contributed by atoms with Gasteiger partial charge in [0.05, 0.1) is 29.1 Å². The van der Waals surface area contributed by atoms with Gasteiger partial charge in [0.25, 0.3) is 0 Å². The van der Waals surface area contributed by atoms with Crippen molar-refractivity contribution in [2.24, 2.45) is 0 Å². The van der Waals surface area contributed by atoms with E-state index in [1.54, 1.807) is 36.4 Å². The fourth-order valence-corrected chi connectivity index (χ4v) is 4.61. The van der Waals surface area contributed by atoms with Crippen LogP contribution in [0.2, 0.25) is 0 Å². The summed E-state index contributed by atoms with van der Waals surface area (Å²) in [6.07, 6.45) is -2.40. The van der Waals surface area contributed by atoms with Crippen molar-refractivity contribution in [2.75, 3.05) is 10.6 Å². The molecule has 0 saturated heterocycles. The maximum atomic E-state index is 14.0. The Hall–Kier alpha value is -4.01. The number of nitrogen functional groups attached to an aromatic ring is 1.